The number of methoxy groups -OCH3 is 1. The van der Waals surface area contributed by atoms with Gasteiger partial charge in [0.1, 0.15) is 17.2 Å². The van der Waals surface area contributed by atoms with Crippen molar-refractivity contribution < 1.29 is 32.6 Å². The fraction of sp³-hybridized carbons (Fsp3) is 0.111. The van der Waals surface area contributed by atoms with Crippen LogP contribution >= 0.6 is 0 Å². The van der Waals surface area contributed by atoms with Gasteiger partial charge in [-0.05, 0) is 36.4 Å². The van der Waals surface area contributed by atoms with Gasteiger partial charge in [0.25, 0.3) is 5.91 Å². The van der Waals surface area contributed by atoms with Gasteiger partial charge < -0.3 is 25.3 Å². The van der Waals surface area contributed by atoms with E-state index in [-0.39, 0.29) is 22.5 Å². The minimum atomic E-state index is -4.87. The Morgan fingerprint density at radius 3 is 2.29 bits per heavy atom. The van der Waals surface area contributed by atoms with E-state index in [9.17, 15) is 23.2 Å². The SMILES string of the molecule is COc1ccc2c(c1)C(=N\O)/C(=C1/C(=O)Nc3ccc(OC(F)(F)F)cc31)N2. The van der Waals surface area contributed by atoms with Gasteiger partial charge in [-0.1, -0.05) is 5.16 Å². The van der Waals surface area contributed by atoms with Crippen LogP contribution in [0.5, 0.6) is 11.5 Å². The van der Waals surface area contributed by atoms with Crippen LogP contribution in [0.3, 0.4) is 0 Å². The summed E-state index contributed by atoms with van der Waals surface area (Å²) < 4.78 is 46.7. The lowest BCUT2D eigenvalue weighted by molar-refractivity contribution is -0.274. The first-order valence-electron chi connectivity index (χ1n) is 7.94. The van der Waals surface area contributed by atoms with Gasteiger partial charge in [0, 0.05) is 22.5 Å². The number of hydrogen-bond donors (Lipinski definition) is 3. The molecule has 2 heterocycles. The number of anilines is 2. The Hall–Kier alpha value is -3.69. The van der Waals surface area contributed by atoms with E-state index in [4.69, 9.17) is 4.74 Å². The molecule has 4 rings (SSSR count). The highest BCUT2D eigenvalue weighted by Crippen LogP contribution is 2.41. The third kappa shape index (κ3) is 2.88. The number of halogens is 3. The van der Waals surface area contributed by atoms with Crippen LogP contribution in [-0.2, 0) is 4.79 Å². The molecule has 7 nitrogen and oxygen atoms in total. The number of oxime groups is 1. The van der Waals surface area contributed by atoms with E-state index in [2.05, 4.69) is 20.5 Å². The molecule has 2 aromatic carbocycles. The summed E-state index contributed by atoms with van der Waals surface area (Å²) in [5.41, 5.74) is 1.80. The number of rotatable bonds is 2. The summed E-state index contributed by atoms with van der Waals surface area (Å²) >= 11 is 0. The maximum absolute atomic E-state index is 12.5. The fourth-order valence-corrected chi connectivity index (χ4v) is 3.16. The van der Waals surface area contributed by atoms with Crippen LogP contribution in [0, 0.1) is 0 Å². The molecule has 0 atom stereocenters. The molecule has 0 bridgehead atoms. The van der Waals surface area contributed by atoms with Crippen molar-refractivity contribution in [3.63, 3.8) is 0 Å². The zero-order chi connectivity index (χ0) is 20.1. The topological polar surface area (TPSA) is 92.2 Å². The predicted octanol–water partition coefficient (Wildman–Crippen LogP) is 3.56. The van der Waals surface area contributed by atoms with Gasteiger partial charge in [0.15, 0.2) is 0 Å². The molecule has 2 aromatic rings. The highest BCUT2D eigenvalue weighted by atomic mass is 19.4. The number of hydrogen-bond acceptors (Lipinski definition) is 6. The molecule has 0 aliphatic carbocycles. The number of nitrogens with one attached hydrogen (secondary N) is 2. The van der Waals surface area contributed by atoms with Gasteiger partial charge in [-0.25, -0.2) is 0 Å². The van der Waals surface area contributed by atoms with Crippen molar-refractivity contribution in [3.05, 3.63) is 53.2 Å². The minimum Gasteiger partial charge on any atom is -0.497 e. The molecule has 0 unspecified atom stereocenters. The number of carbonyl (C=O) groups is 1. The van der Waals surface area contributed by atoms with Crippen molar-refractivity contribution >= 4 is 28.6 Å². The van der Waals surface area contributed by atoms with Gasteiger partial charge in [0.2, 0.25) is 0 Å². The number of amides is 1. The number of allylic oxidation sites excluding steroid dienone is 1. The molecule has 0 spiro atoms. The monoisotopic (exact) mass is 391 g/mol. The Balaban J connectivity index is 1.85. The number of benzene rings is 2. The molecular weight excluding hydrogens is 379 g/mol. The van der Waals surface area contributed by atoms with E-state index < -0.39 is 18.0 Å². The van der Waals surface area contributed by atoms with E-state index in [0.717, 1.165) is 12.1 Å². The normalized spacial score (nSPS) is 19.1. The summed E-state index contributed by atoms with van der Waals surface area (Å²) in [5, 5.41) is 18.3. The molecule has 28 heavy (non-hydrogen) atoms. The molecule has 3 N–H and O–H groups in total. The lowest BCUT2D eigenvalue weighted by atomic mass is 10.0. The van der Waals surface area contributed by atoms with Gasteiger partial charge in [0.05, 0.1) is 18.4 Å². The second-order valence-corrected chi connectivity index (χ2v) is 5.94. The van der Waals surface area contributed by atoms with Crippen LogP contribution in [0.4, 0.5) is 24.5 Å². The largest absolute Gasteiger partial charge is 0.573 e. The van der Waals surface area contributed by atoms with E-state index in [1.165, 1.54) is 13.2 Å². The van der Waals surface area contributed by atoms with Crippen LogP contribution < -0.4 is 20.1 Å². The molecule has 0 saturated heterocycles. The fourth-order valence-electron chi connectivity index (χ4n) is 3.16. The average molecular weight is 391 g/mol. The summed E-state index contributed by atoms with van der Waals surface area (Å²) in [6.45, 7) is 0. The summed E-state index contributed by atoms with van der Waals surface area (Å²) in [5.74, 6) is -0.520. The molecule has 2 aliphatic heterocycles. The maximum atomic E-state index is 12.5. The Bertz CT molecular complexity index is 1060. The summed E-state index contributed by atoms with van der Waals surface area (Å²) in [7, 11) is 1.47. The Labute approximate surface area is 156 Å². The third-order valence-corrected chi connectivity index (χ3v) is 4.30. The van der Waals surface area contributed by atoms with Crippen LogP contribution in [0.2, 0.25) is 0 Å². The van der Waals surface area contributed by atoms with Crippen molar-refractivity contribution in [2.24, 2.45) is 5.16 Å². The first kappa shape index (κ1) is 17.7. The van der Waals surface area contributed by atoms with Crippen molar-refractivity contribution in [1.82, 2.24) is 0 Å². The van der Waals surface area contributed by atoms with E-state index in [1.54, 1.807) is 18.2 Å². The van der Waals surface area contributed by atoms with Crippen LogP contribution in [0.25, 0.3) is 5.57 Å². The molecule has 0 radical (unpaired) electrons. The van der Waals surface area contributed by atoms with Gasteiger partial charge in [-0.15, -0.1) is 13.2 Å². The molecule has 0 aromatic heterocycles. The smallest absolute Gasteiger partial charge is 0.497 e. The van der Waals surface area contributed by atoms with Crippen molar-refractivity contribution in [1.29, 1.82) is 0 Å². The molecule has 1 amide bonds. The molecular formula is C18H12F3N3O4. The summed E-state index contributed by atoms with van der Waals surface area (Å²) in [6, 6.07) is 8.47. The Morgan fingerprint density at radius 1 is 1.00 bits per heavy atom. The quantitative estimate of drug-likeness (QED) is 0.414. The zero-order valence-electron chi connectivity index (χ0n) is 14.2. The van der Waals surface area contributed by atoms with Crippen molar-refractivity contribution in [2.45, 2.75) is 6.36 Å². The molecule has 2 aliphatic rings. The lowest BCUT2D eigenvalue weighted by Gasteiger charge is -2.10. The van der Waals surface area contributed by atoms with Gasteiger partial charge in [-0.3, -0.25) is 4.79 Å². The van der Waals surface area contributed by atoms with Crippen molar-refractivity contribution in [2.75, 3.05) is 17.7 Å². The highest BCUT2D eigenvalue weighted by molar-refractivity contribution is 6.39. The van der Waals surface area contributed by atoms with Crippen LogP contribution in [0.15, 0.2) is 47.3 Å². The van der Waals surface area contributed by atoms with E-state index in [0.29, 0.717) is 22.7 Å². The highest BCUT2D eigenvalue weighted by Gasteiger charge is 2.36. The van der Waals surface area contributed by atoms with Crippen LogP contribution in [0.1, 0.15) is 11.1 Å². The maximum Gasteiger partial charge on any atom is 0.573 e. The van der Waals surface area contributed by atoms with Crippen LogP contribution in [-0.4, -0.2) is 30.3 Å². The molecule has 144 valence electrons. The Kier molecular flexibility index (Phi) is 3.91. The second kappa shape index (κ2) is 6.19. The molecule has 0 fully saturated rings. The second-order valence-electron chi connectivity index (χ2n) is 5.94. The number of carbonyl (C=O) groups excluding carboxylic acids is 1. The molecule has 0 saturated carbocycles. The first-order chi connectivity index (χ1) is 13.3. The van der Waals surface area contributed by atoms with Gasteiger partial charge in [-0.2, -0.15) is 0 Å². The minimum absolute atomic E-state index is 0.0330. The predicted molar refractivity (Wildman–Crippen MR) is 93.6 cm³/mol. The Morgan fingerprint density at radius 2 is 1.64 bits per heavy atom. The number of fused-ring (bicyclic) bond motifs is 2. The number of alkyl halides is 3. The van der Waals surface area contributed by atoms with Crippen molar-refractivity contribution in [3.8, 4) is 11.5 Å². The average Bonchev–Trinajstić information content (AvgIpc) is 3.15. The lowest BCUT2D eigenvalue weighted by Crippen LogP contribution is -2.17. The number of nitrogens with zero attached hydrogens (tertiary/aromatic N) is 1. The van der Waals surface area contributed by atoms with E-state index >= 15 is 0 Å². The summed E-state index contributed by atoms with van der Waals surface area (Å²) in [4.78, 5) is 12.5. The standard InChI is InChI=1S/C18H12F3N3O4/c1-27-8-2-4-13-11(6-8)15(24-26)16(22-13)14-10-7-9(28-18(19,20)21)3-5-12(10)23-17(14)25/h2-7,22,26H,1H3,(H,23,25)/b16-14-,24-15+. The third-order valence-electron chi connectivity index (χ3n) is 4.30. The van der Waals surface area contributed by atoms with E-state index in [1.807, 2.05) is 0 Å². The zero-order valence-corrected chi connectivity index (χ0v) is 14.2. The molecule has 10 heteroatoms. The summed E-state index contributed by atoms with van der Waals surface area (Å²) in [6.07, 6.45) is -4.87. The number of ether oxygens (including phenoxy) is 2. The first-order valence-corrected chi connectivity index (χ1v) is 7.94. The van der Waals surface area contributed by atoms with Gasteiger partial charge >= 0.3 is 6.36 Å².